The number of aromatic nitrogens is 1. The Morgan fingerprint density at radius 1 is 1.53 bits per heavy atom. The number of hydrogen-bond donors (Lipinski definition) is 1. The molecular formula is C11H14N2O4S2. The number of carboxylic acid groups (broad SMARTS) is 1. The van der Waals surface area contributed by atoms with Gasteiger partial charge in [0.05, 0.1) is 11.6 Å². The number of thioether (sulfide) groups is 1. The van der Waals surface area contributed by atoms with Gasteiger partial charge in [0.25, 0.3) is 0 Å². The zero-order valence-corrected chi connectivity index (χ0v) is 11.7. The molecule has 0 aliphatic carbocycles. The summed E-state index contributed by atoms with van der Waals surface area (Å²) in [6.07, 6.45) is 1.89. The largest absolute Gasteiger partial charge is 0.480 e. The lowest BCUT2D eigenvalue weighted by molar-refractivity contribution is -0.140. The summed E-state index contributed by atoms with van der Waals surface area (Å²) in [5.74, 6) is -0.694. The van der Waals surface area contributed by atoms with Crippen molar-refractivity contribution in [2.45, 2.75) is 12.5 Å². The standard InChI is InChI=1S/C11H14N2O4S2/c14-11(15)10-7-18-8-13(10)19(16,17)6-4-9-3-1-2-5-12-9/h1-3,5,10H,4,6-8H2,(H,14,15). The number of hydrogen-bond acceptors (Lipinski definition) is 5. The van der Waals surface area contributed by atoms with E-state index in [1.165, 1.54) is 11.8 Å². The first-order valence-electron chi connectivity index (χ1n) is 5.71. The van der Waals surface area contributed by atoms with Gasteiger partial charge in [-0.1, -0.05) is 6.07 Å². The first-order chi connectivity index (χ1) is 9.00. The van der Waals surface area contributed by atoms with Crippen LogP contribution in [0, 0.1) is 0 Å². The predicted molar refractivity (Wildman–Crippen MR) is 72.3 cm³/mol. The van der Waals surface area contributed by atoms with Crippen LogP contribution in [0.5, 0.6) is 0 Å². The third-order valence-corrected chi connectivity index (χ3v) is 5.82. The molecule has 0 saturated carbocycles. The maximum Gasteiger partial charge on any atom is 0.322 e. The van der Waals surface area contributed by atoms with E-state index in [0.29, 0.717) is 11.4 Å². The van der Waals surface area contributed by atoms with Crippen molar-refractivity contribution in [3.63, 3.8) is 0 Å². The number of sulfonamides is 1. The molecule has 1 aromatic heterocycles. The molecule has 1 aliphatic rings. The summed E-state index contributed by atoms with van der Waals surface area (Å²) in [6, 6.07) is 4.36. The summed E-state index contributed by atoms with van der Waals surface area (Å²) in [5.41, 5.74) is 0.685. The summed E-state index contributed by atoms with van der Waals surface area (Å²) >= 11 is 1.32. The second-order valence-electron chi connectivity index (χ2n) is 4.13. The van der Waals surface area contributed by atoms with Gasteiger partial charge in [-0.15, -0.1) is 11.8 Å². The van der Waals surface area contributed by atoms with Gasteiger partial charge in [0.1, 0.15) is 6.04 Å². The fourth-order valence-electron chi connectivity index (χ4n) is 1.79. The van der Waals surface area contributed by atoms with Crippen LogP contribution in [-0.2, 0) is 21.2 Å². The monoisotopic (exact) mass is 302 g/mol. The highest BCUT2D eigenvalue weighted by Crippen LogP contribution is 2.24. The average molecular weight is 302 g/mol. The maximum absolute atomic E-state index is 12.1. The number of nitrogens with zero attached hydrogens (tertiary/aromatic N) is 2. The molecular weight excluding hydrogens is 288 g/mol. The quantitative estimate of drug-likeness (QED) is 0.848. The smallest absolute Gasteiger partial charge is 0.322 e. The highest BCUT2D eigenvalue weighted by molar-refractivity contribution is 8.00. The molecule has 1 aliphatic heterocycles. The van der Waals surface area contributed by atoms with E-state index >= 15 is 0 Å². The summed E-state index contributed by atoms with van der Waals surface area (Å²) in [6.45, 7) is 0. The van der Waals surface area contributed by atoms with E-state index in [2.05, 4.69) is 4.98 Å². The average Bonchev–Trinajstić information content (AvgIpc) is 2.88. The van der Waals surface area contributed by atoms with E-state index in [4.69, 9.17) is 5.11 Å². The lowest BCUT2D eigenvalue weighted by atomic mass is 10.3. The number of carboxylic acids is 1. The number of carbonyl (C=O) groups is 1. The summed E-state index contributed by atoms with van der Waals surface area (Å²) < 4.78 is 25.4. The van der Waals surface area contributed by atoms with Crippen LogP contribution >= 0.6 is 11.8 Å². The Kier molecular flexibility index (Phi) is 4.43. The predicted octanol–water partition coefficient (Wildman–Crippen LogP) is 0.413. The molecule has 1 N–H and O–H groups in total. The van der Waals surface area contributed by atoms with Crippen molar-refractivity contribution in [2.24, 2.45) is 0 Å². The normalized spacial score (nSPS) is 20.5. The highest BCUT2D eigenvalue weighted by Gasteiger charge is 2.38. The molecule has 6 nitrogen and oxygen atoms in total. The zero-order chi connectivity index (χ0) is 13.9. The Balaban J connectivity index is 2.04. The van der Waals surface area contributed by atoms with E-state index in [0.717, 1.165) is 4.31 Å². The minimum absolute atomic E-state index is 0.117. The molecule has 2 heterocycles. The van der Waals surface area contributed by atoms with Crippen molar-refractivity contribution < 1.29 is 18.3 Å². The molecule has 19 heavy (non-hydrogen) atoms. The summed E-state index contributed by atoms with van der Waals surface area (Å²) in [7, 11) is -3.56. The molecule has 8 heteroatoms. The molecule has 0 radical (unpaired) electrons. The van der Waals surface area contributed by atoms with Gasteiger partial charge in [-0.05, 0) is 12.1 Å². The molecule has 104 valence electrons. The fraction of sp³-hybridized carbons (Fsp3) is 0.455. The Bertz CT molecular complexity index is 547. The number of aliphatic carboxylic acids is 1. The van der Waals surface area contributed by atoms with Gasteiger partial charge in [-0.3, -0.25) is 9.78 Å². The fourth-order valence-corrected chi connectivity index (χ4v) is 5.02. The van der Waals surface area contributed by atoms with Gasteiger partial charge in [-0.25, -0.2) is 8.42 Å². The molecule has 1 saturated heterocycles. The molecule has 0 aromatic carbocycles. The van der Waals surface area contributed by atoms with Crippen LogP contribution in [0.3, 0.4) is 0 Å². The van der Waals surface area contributed by atoms with Crippen molar-refractivity contribution in [2.75, 3.05) is 17.4 Å². The van der Waals surface area contributed by atoms with E-state index in [-0.39, 0.29) is 18.1 Å². The molecule has 1 atom stereocenters. The Hall–Kier alpha value is -1.12. The molecule has 1 unspecified atom stereocenters. The maximum atomic E-state index is 12.1. The minimum atomic E-state index is -3.56. The molecule has 0 bridgehead atoms. The van der Waals surface area contributed by atoms with Crippen LogP contribution in [-0.4, -0.2) is 52.2 Å². The Labute approximate surface area is 115 Å². The van der Waals surface area contributed by atoms with E-state index in [1.54, 1.807) is 24.4 Å². The minimum Gasteiger partial charge on any atom is -0.480 e. The van der Waals surface area contributed by atoms with Gasteiger partial charge in [-0.2, -0.15) is 4.31 Å². The van der Waals surface area contributed by atoms with Gasteiger partial charge in [0.2, 0.25) is 10.0 Å². The van der Waals surface area contributed by atoms with Crippen molar-refractivity contribution in [3.05, 3.63) is 30.1 Å². The zero-order valence-electron chi connectivity index (χ0n) is 10.1. The molecule has 2 rings (SSSR count). The first kappa shape index (κ1) is 14.3. The topological polar surface area (TPSA) is 87.6 Å². The van der Waals surface area contributed by atoms with Gasteiger partial charge < -0.3 is 5.11 Å². The highest BCUT2D eigenvalue weighted by atomic mass is 32.2. The Morgan fingerprint density at radius 3 is 2.95 bits per heavy atom. The Morgan fingerprint density at radius 2 is 2.32 bits per heavy atom. The molecule has 0 spiro atoms. The third-order valence-electron chi connectivity index (χ3n) is 2.83. The third kappa shape index (κ3) is 3.46. The lowest BCUT2D eigenvalue weighted by Gasteiger charge is -2.19. The van der Waals surface area contributed by atoms with Crippen molar-refractivity contribution in [3.8, 4) is 0 Å². The van der Waals surface area contributed by atoms with E-state index < -0.39 is 22.0 Å². The van der Waals surface area contributed by atoms with Crippen LogP contribution < -0.4 is 0 Å². The second-order valence-corrected chi connectivity index (χ2v) is 7.17. The first-order valence-corrected chi connectivity index (χ1v) is 8.47. The lowest BCUT2D eigenvalue weighted by Crippen LogP contribution is -2.43. The number of rotatable bonds is 5. The van der Waals surface area contributed by atoms with Crippen molar-refractivity contribution >= 4 is 27.8 Å². The summed E-state index contributed by atoms with van der Waals surface area (Å²) in [4.78, 5) is 15.1. The molecule has 1 aromatic rings. The number of pyridine rings is 1. The summed E-state index contributed by atoms with van der Waals surface area (Å²) in [5, 5.41) is 9.00. The van der Waals surface area contributed by atoms with Crippen LogP contribution in [0.1, 0.15) is 5.69 Å². The van der Waals surface area contributed by atoms with Crippen LogP contribution in [0.2, 0.25) is 0 Å². The second kappa shape index (κ2) is 5.89. The van der Waals surface area contributed by atoms with Crippen LogP contribution in [0.4, 0.5) is 0 Å². The number of aryl methyl sites for hydroxylation is 1. The van der Waals surface area contributed by atoms with Gasteiger partial charge in [0, 0.05) is 24.1 Å². The molecule has 1 fully saturated rings. The van der Waals surface area contributed by atoms with Crippen LogP contribution in [0.25, 0.3) is 0 Å². The SMILES string of the molecule is O=C(O)C1CSCN1S(=O)(=O)CCc1ccccn1. The van der Waals surface area contributed by atoms with Gasteiger partial charge >= 0.3 is 5.97 Å². The van der Waals surface area contributed by atoms with Gasteiger partial charge in [0.15, 0.2) is 0 Å². The van der Waals surface area contributed by atoms with E-state index in [1.807, 2.05) is 0 Å². The van der Waals surface area contributed by atoms with Crippen molar-refractivity contribution in [1.82, 2.24) is 9.29 Å². The molecule has 0 amide bonds. The van der Waals surface area contributed by atoms with Crippen LogP contribution in [0.15, 0.2) is 24.4 Å². The van der Waals surface area contributed by atoms with E-state index in [9.17, 15) is 13.2 Å². The van der Waals surface area contributed by atoms with Crippen molar-refractivity contribution in [1.29, 1.82) is 0 Å².